The zero-order valence-electron chi connectivity index (χ0n) is 15.6. The lowest BCUT2D eigenvalue weighted by Crippen LogP contribution is -2.39. The average molecular weight is 344 g/mol. The van der Waals surface area contributed by atoms with Crippen LogP contribution in [0.1, 0.15) is 41.7 Å². The molecule has 1 aliphatic rings. The fraction of sp³-hybridized carbons (Fsp3) is 0.550. The van der Waals surface area contributed by atoms with E-state index in [9.17, 15) is 4.79 Å². The highest BCUT2D eigenvalue weighted by Crippen LogP contribution is 2.38. The minimum atomic E-state index is -0.0151. The van der Waals surface area contributed by atoms with Crippen molar-refractivity contribution in [2.75, 3.05) is 27.4 Å². The number of aromatic nitrogens is 1. The summed E-state index contributed by atoms with van der Waals surface area (Å²) in [6.45, 7) is 3.36. The number of methoxy groups -OCH3 is 2. The number of carbonyl (C=O) groups excluding carboxylic acids is 1. The Hall–Kier alpha value is -2.01. The standard InChI is InChI=1S/C20H28N2O3/c1-14-18(16-11-15(25-4)7-8-17(16)22(14)2)19(23)21-12-20(13-24-3)9-5-6-10-20/h7-8,11H,5-6,9-10,12-13H2,1-4H3,(H,21,23). The first kappa shape index (κ1) is 17.8. The van der Waals surface area contributed by atoms with Crippen LogP contribution < -0.4 is 10.1 Å². The number of benzene rings is 1. The molecule has 25 heavy (non-hydrogen) atoms. The van der Waals surface area contributed by atoms with Gasteiger partial charge in [0, 0.05) is 42.7 Å². The molecule has 5 heteroatoms. The summed E-state index contributed by atoms with van der Waals surface area (Å²) in [7, 11) is 5.37. The lowest BCUT2D eigenvalue weighted by molar-refractivity contribution is 0.0741. The van der Waals surface area contributed by atoms with E-state index in [0.29, 0.717) is 13.2 Å². The van der Waals surface area contributed by atoms with Gasteiger partial charge in [-0.1, -0.05) is 12.8 Å². The molecule has 3 rings (SSSR count). The van der Waals surface area contributed by atoms with Gasteiger partial charge in [-0.3, -0.25) is 4.79 Å². The fourth-order valence-electron chi connectivity index (χ4n) is 4.12. The molecule has 0 spiro atoms. The SMILES string of the molecule is COCC1(CNC(=O)c2c(C)n(C)c3ccc(OC)cc23)CCCC1. The predicted molar refractivity (Wildman–Crippen MR) is 99.3 cm³/mol. The number of carbonyl (C=O) groups is 1. The molecule has 136 valence electrons. The number of rotatable bonds is 6. The Morgan fingerprint density at radius 2 is 2.00 bits per heavy atom. The molecule has 1 heterocycles. The molecule has 1 amide bonds. The number of fused-ring (bicyclic) bond motifs is 1. The molecule has 0 unspecified atom stereocenters. The van der Waals surface area contributed by atoms with E-state index in [1.165, 1.54) is 12.8 Å². The van der Waals surface area contributed by atoms with Gasteiger partial charge < -0.3 is 19.4 Å². The largest absolute Gasteiger partial charge is 0.497 e. The minimum absolute atomic E-state index is 0.0151. The number of aryl methyl sites for hydroxylation is 1. The summed E-state index contributed by atoms with van der Waals surface area (Å²) in [4.78, 5) is 13.0. The van der Waals surface area contributed by atoms with Gasteiger partial charge in [0.25, 0.3) is 5.91 Å². The van der Waals surface area contributed by atoms with Crippen molar-refractivity contribution < 1.29 is 14.3 Å². The summed E-state index contributed by atoms with van der Waals surface area (Å²) in [5.41, 5.74) is 2.83. The third-order valence-corrected chi connectivity index (χ3v) is 5.67. The number of nitrogens with zero attached hydrogens (tertiary/aromatic N) is 1. The third kappa shape index (κ3) is 3.25. The Balaban J connectivity index is 1.88. The Morgan fingerprint density at radius 1 is 1.28 bits per heavy atom. The van der Waals surface area contributed by atoms with Crippen LogP contribution in [0.4, 0.5) is 0 Å². The average Bonchev–Trinajstić information content (AvgIpc) is 3.17. The molecule has 1 fully saturated rings. The molecule has 2 aromatic rings. The van der Waals surface area contributed by atoms with E-state index in [0.717, 1.165) is 40.8 Å². The molecule has 5 nitrogen and oxygen atoms in total. The van der Waals surface area contributed by atoms with Crippen molar-refractivity contribution in [1.82, 2.24) is 9.88 Å². The van der Waals surface area contributed by atoms with Crippen molar-refractivity contribution in [3.05, 3.63) is 29.5 Å². The smallest absolute Gasteiger partial charge is 0.253 e. The quantitative estimate of drug-likeness (QED) is 0.873. The fourth-order valence-corrected chi connectivity index (χ4v) is 4.12. The Kier molecular flexibility index (Phi) is 5.04. The normalized spacial score (nSPS) is 16.3. The van der Waals surface area contributed by atoms with Crippen LogP contribution in [0.25, 0.3) is 10.9 Å². The second kappa shape index (κ2) is 7.08. The molecule has 1 aromatic heterocycles. The van der Waals surface area contributed by atoms with Crippen LogP contribution >= 0.6 is 0 Å². The molecule has 1 N–H and O–H groups in total. The second-order valence-corrected chi connectivity index (χ2v) is 7.23. The maximum atomic E-state index is 13.0. The van der Waals surface area contributed by atoms with E-state index >= 15 is 0 Å². The molecule has 1 aromatic carbocycles. The van der Waals surface area contributed by atoms with Crippen LogP contribution in [0.15, 0.2) is 18.2 Å². The first-order valence-corrected chi connectivity index (χ1v) is 8.91. The van der Waals surface area contributed by atoms with Crippen molar-refractivity contribution in [1.29, 1.82) is 0 Å². The number of hydrogen-bond acceptors (Lipinski definition) is 3. The van der Waals surface area contributed by atoms with Crippen molar-refractivity contribution in [2.45, 2.75) is 32.6 Å². The van der Waals surface area contributed by atoms with Crippen LogP contribution in [0, 0.1) is 12.3 Å². The molecule has 0 atom stereocenters. The van der Waals surface area contributed by atoms with Gasteiger partial charge in [0.1, 0.15) is 5.75 Å². The number of nitrogens with one attached hydrogen (secondary N) is 1. The Morgan fingerprint density at radius 3 is 2.64 bits per heavy atom. The summed E-state index contributed by atoms with van der Waals surface area (Å²) in [5, 5.41) is 4.11. The highest BCUT2D eigenvalue weighted by molar-refractivity contribution is 6.08. The molecule has 0 bridgehead atoms. The molecular formula is C20H28N2O3. The highest BCUT2D eigenvalue weighted by Gasteiger charge is 2.34. The maximum Gasteiger partial charge on any atom is 0.253 e. The van der Waals surface area contributed by atoms with Crippen molar-refractivity contribution >= 4 is 16.8 Å². The zero-order valence-corrected chi connectivity index (χ0v) is 15.6. The van der Waals surface area contributed by atoms with E-state index in [2.05, 4.69) is 9.88 Å². The number of hydrogen-bond donors (Lipinski definition) is 1. The van der Waals surface area contributed by atoms with E-state index in [1.54, 1.807) is 14.2 Å². The minimum Gasteiger partial charge on any atom is -0.497 e. The predicted octanol–water partition coefficient (Wildman–Crippen LogP) is 3.43. The molecule has 0 radical (unpaired) electrons. The molecule has 1 saturated carbocycles. The Labute approximate surface area is 149 Å². The van der Waals surface area contributed by atoms with Crippen molar-refractivity contribution in [3.63, 3.8) is 0 Å². The monoisotopic (exact) mass is 344 g/mol. The van der Waals surface area contributed by atoms with Crippen LogP contribution in [0.3, 0.4) is 0 Å². The second-order valence-electron chi connectivity index (χ2n) is 7.23. The highest BCUT2D eigenvalue weighted by atomic mass is 16.5. The van der Waals surface area contributed by atoms with Crippen LogP contribution in [0.5, 0.6) is 5.75 Å². The van der Waals surface area contributed by atoms with Gasteiger partial charge in [0.2, 0.25) is 0 Å². The van der Waals surface area contributed by atoms with Crippen molar-refractivity contribution in [3.8, 4) is 5.75 Å². The summed E-state index contributed by atoms with van der Waals surface area (Å²) >= 11 is 0. The van der Waals surface area contributed by atoms with Crippen molar-refractivity contribution in [2.24, 2.45) is 12.5 Å². The summed E-state index contributed by atoms with van der Waals surface area (Å²) in [5.74, 6) is 0.748. The van der Waals surface area contributed by atoms with E-state index < -0.39 is 0 Å². The summed E-state index contributed by atoms with van der Waals surface area (Å²) < 4.78 is 12.8. The van der Waals surface area contributed by atoms with Gasteiger partial charge in [0.05, 0.1) is 19.3 Å². The first-order valence-electron chi connectivity index (χ1n) is 8.91. The summed E-state index contributed by atoms with van der Waals surface area (Å²) in [6, 6.07) is 5.87. The van der Waals surface area contributed by atoms with Gasteiger partial charge >= 0.3 is 0 Å². The lowest BCUT2D eigenvalue weighted by Gasteiger charge is -2.28. The van der Waals surface area contributed by atoms with E-state index in [4.69, 9.17) is 9.47 Å². The third-order valence-electron chi connectivity index (χ3n) is 5.67. The van der Waals surface area contributed by atoms with Gasteiger partial charge in [-0.2, -0.15) is 0 Å². The molecule has 0 aliphatic heterocycles. The van der Waals surface area contributed by atoms with Gasteiger partial charge in [-0.25, -0.2) is 0 Å². The number of amides is 1. The lowest BCUT2D eigenvalue weighted by atomic mass is 9.87. The maximum absolute atomic E-state index is 13.0. The van der Waals surface area contributed by atoms with Crippen LogP contribution in [-0.2, 0) is 11.8 Å². The molecular weight excluding hydrogens is 316 g/mol. The van der Waals surface area contributed by atoms with Gasteiger partial charge in [-0.15, -0.1) is 0 Å². The van der Waals surface area contributed by atoms with E-state index in [1.807, 2.05) is 32.2 Å². The van der Waals surface area contributed by atoms with Gasteiger partial charge in [-0.05, 0) is 38.0 Å². The summed E-state index contributed by atoms with van der Waals surface area (Å²) in [6.07, 6.45) is 4.65. The zero-order chi connectivity index (χ0) is 18.0. The van der Waals surface area contributed by atoms with E-state index in [-0.39, 0.29) is 11.3 Å². The first-order chi connectivity index (χ1) is 12.0. The van der Waals surface area contributed by atoms with Gasteiger partial charge in [0.15, 0.2) is 0 Å². The van der Waals surface area contributed by atoms with Crippen LogP contribution in [0.2, 0.25) is 0 Å². The topological polar surface area (TPSA) is 52.5 Å². The Bertz CT molecular complexity index is 773. The number of ether oxygens (including phenoxy) is 2. The molecule has 1 aliphatic carbocycles. The molecule has 0 saturated heterocycles. The van der Waals surface area contributed by atoms with Crippen LogP contribution in [-0.4, -0.2) is 37.8 Å².